The molecule has 2 aromatic rings. The van der Waals surface area contributed by atoms with E-state index in [1.54, 1.807) is 18.2 Å². The van der Waals surface area contributed by atoms with Gasteiger partial charge in [-0.3, -0.25) is 0 Å². The second-order valence-corrected chi connectivity index (χ2v) is 5.07. The molecule has 0 fully saturated rings. The first-order chi connectivity index (χ1) is 11.8. The van der Waals surface area contributed by atoms with Crippen molar-refractivity contribution in [3.05, 3.63) is 59.5 Å². The summed E-state index contributed by atoms with van der Waals surface area (Å²) in [5.74, 6) is -0.544. The number of hydrogen-bond donors (Lipinski definition) is 2. The summed E-state index contributed by atoms with van der Waals surface area (Å²) in [5, 5.41) is 5.13. The van der Waals surface area contributed by atoms with Gasteiger partial charge in [-0.2, -0.15) is 13.2 Å². The maximum atomic E-state index is 12.8. The zero-order valence-electron chi connectivity index (χ0n) is 12.9. The third-order valence-electron chi connectivity index (χ3n) is 3.00. The largest absolute Gasteiger partial charge is 0.468 e. The molecule has 25 heavy (non-hydrogen) atoms. The number of pyridine rings is 1. The second kappa shape index (κ2) is 8.32. The minimum absolute atomic E-state index is 0.0835. The van der Waals surface area contributed by atoms with E-state index < -0.39 is 18.8 Å². The molecule has 0 saturated heterocycles. The van der Waals surface area contributed by atoms with Gasteiger partial charge in [0.05, 0.1) is 0 Å². The number of carbonyl (C=O) groups is 1. The van der Waals surface area contributed by atoms with Crippen LogP contribution in [0.5, 0.6) is 5.88 Å². The van der Waals surface area contributed by atoms with Gasteiger partial charge < -0.3 is 15.4 Å². The SMILES string of the molecule is O=C(NCc1ccc(F)cc1)NCc1ccnc(OCC(F)(F)F)c1. The van der Waals surface area contributed by atoms with Crippen LogP contribution in [0.2, 0.25) is 0 Å². The molecule has 2 rings (SSSR count). The standard InChI is InChI=1S/C16H15F4N3O2/c17-13-3-1-11(2-4-13)8-22-15(24)23-9-12-5-6-21-14(7-12)25-10-16(18,19)20/h1-7H,8-10H2,(H2,22,23,24). The van der Waals surface area contributed by atoms with Gasteiger partial charge in [0.2, 0.25) is 5.88 Å². The Hall–Kier alpha value is -2.84. The van der Waals surface area contributed by atoms with Crippen LogP contribution in [0.25, 0.3) is 0 Å². The maximum absolute atomic E-state index is 12.8. The number of ether oxygens (including phenoxy) is 1. The predicted molar refractivity (Wildman–Crippen MR) is 81.3 cm³/mol. The monoisotopic (exact) mass is 357 g/mol. The van der Waals surface area contributed by atoms with E-state index in [4.69, 9.17) is 0 Å². The molecule has 0 saturated carbocycles. The summed E-state index contributed by atoms with van der Waals surface area (Å²) in [6.45, 7) is -1.14. The Morgan fingerprint density at radius 3 is 2.32 bits per heavy atom. The minimum atomic E-state index is -4.45. The summed E-state index contributed by atoms with van der Waals surface area (Å²) in [4.78, 5) is 15.4. The van der Waals surface area contributed by atoms with E-state index in [-0.39, 0.29) is 24.8 Å². The smallest absolute Gasteiger partial charge is 0.422 e. The van der Waals surface area contributed by atoms with Crippen molar-refractivity contribution in [1.29, 1.82) is 0 Å². The number of carbonyl (C=O) groups excluding carboxylic acids is 1. The fraction of sp³-hybridized carbons (Fsp3) is 0.250. The summed E-state index contributed by atoms with van der Waals surface area (Å²) in [6.07, 6.45) is -3.16. The van der Waals surface area contributed by atoms with Crippen LogP contribution in [0.1, 0.15) is 11.1 Å². The highest BCUT2D eigenvalue weighted by Gasteiger charge is 2.28. The summed E-state index contributed by atoms with van der Waals surface area (Å²) in [5.41, 5.74) is 1.26. The van der Waals surface area contributed by atoms with Crippen molar-refractivity contribution in [3.8, 4) is 5.88 Å². The van der Waals surface area contributed by atoms with Crippen LogP contribution in [-0.4, -0.2) is 23.8 Å². The molecule has 2 N–H and O–H groups in total. The molecule has 9 heteroatoms. The zero-order valence-corrected chi connectivity index (χ0v) is 12.9. The van der Waals surface area contributed by atoms with Gasteiger partial charge in [-0.25, -0.2) is 14.2 Å². The highest BCUT2D eigenvalue weighted by Crippen LogP contribution is 2.17. The lowest BCUT2D eigenvalue weighted by Crippen LogP contribution is -2.34. The molecule has 1 aromatic carbocycles. The Morgan fingerprint density at radius 2 is 1.68 bits per heavy atom. The van der Waals surface area contributed by atoms with E-state index in [1.165, 1.54) is 24.4 Å². The van der Waals surface area contributed by atoms with E-state index in [2.05, 4.69) is 20.4 Å². The molecular formula is C16H15F4N3O2. The third kappa shape index (κ3) is 7.06. The lowest BCUT2D eigenvalue weighted by atomic mass is 10.2. The summed E-state index contributed by atoms with van der Waals surface area (Å²) in [7, 11) is 0. The Balaban J connectivity index is 1.78. The van der Waals surface area contributed by atoms with Gasteiger partial charge >= 0.3 is 12.2 Å². The first-order valence-corrected chi connectivity index (χ1v) is 7.22. The van der Waals surface area contributed by atoms with Gasteiger partial charge in [-0.05, 0) is 29.3 Å². The van der Waals surface area contributed by atoms with Crippen LogP contribution < -0.4 is 15.4 Å². The number of benzene rings is 1. The number of nitrogens with zero attached hydrogens (tertiary/aromatic N) is 1. The minimum Gasteiger partial charge on any atom is -0.468 e. The van der Waals surface area contributed by atoms with E-state index in [0.29, 0.717) is 5.56 Å². The third-order valence-corrected chi connectivity index (χ3v) is 3.00. The molecule has 0 atom stereocenters. The average molecular weight is 357 g/mol. The van der Waals surface area contributed by atoms with Crippen molar-refractivity contribution in [3.63, 3.8) is 0 Å². The summed E-state index contributed by atoms with van der Waals surface area (Å²) >= 11 is 0. The van der Waals surface area contributed by atoms with Crippen LogP contribution in [0, 0.1) is 5.82 Å². The Bertz CT molecular complexity index is 705. The summed E-state index contributed by atoms with van der Waals surface area (Å²) < 4.78 is 53.6. The van der Waals surface area contributed by atoms with Gasteiger partial charge in [0, 0.05) is 25.4 Å². The molecule has 1 heterocycles. The van der Waals surface area contributed by atoms with Crippen LogP contribution in [-0.2, 0) is 13.1 Å². The molecule has 0 radical (unpaired) electrons. The fourth-order valence-corrected chi connectivity index (χ4v) is 1.82. The Labute approximate surface area is 141 Å². The van der Waals surface area contributed by atoms with Crippen molar-refractivity contribution < 1.29 is 27.1 Å². The van der Waals surface area contributed by atoms with E-state index in [1.807, 2.05) is 0 Å². The van der Waals surface area contributed by atoms with E-state index in [9.17, 15) is 22.4 Å². The predicted octanol–water partition coefficient (Wildman–Crippen LogP) is 3.16. The van der Waals surface area contributed by atoms with Crippen LogP contribution in [0.3, 0.4) is 0 Å². The van der Waals surface area contributed by atoms with Gasteiger partial charge in [-0.15, -0.1) is 0 Å². The lowest BCUT2D eigenvalue weighted by molar-refractivity contribution is -0.154. The molecule has 134 valence electrons. The number of aromatic nitrogens is 1. The van der Waals surface area contributed by atoms with E-state index >= 15 is 0 Å². The molecule has 0 unspecified atom stereocenters. The molecule has 1 aromatic heterocycles. The van der Waals surface area contributed by atoms with Gasteiger partial charge in [0.15, 0.2) is 6.61 Å². The van der Waals surface area contributed by atoms with Crippen molar-refractivity contribution >= 4 is 6.03 Å². The molecule has 5 nitrogen and oxygen atoms in total. The molecule has 0 bridgehead atoms. The highest BCUT2D eigenvalue weighted by molar-refractivity contribution is 5.73. The topological polar surface area (TPSA) is 63.2 Å². The molecule has 2 amide bonds. The second-order valence-electron chi connectivity index (χ2n) is 5.07. The number of amides is 2. The van der Waals surface area contributed by atoms with Gasteiger partial charge in [0.1, 0.15) is 5.82 Å². The van der Waals surface area contributed by atoms with Gasteiger partial charge in [-0.1, -0.05) is 12.1 Å². The average Bonchev–Trinajstić information content (AvgIpc) is 2.57. The van der Waals surface area contributed by atoms with Crippen molar-refractivity contribution in [2.24, 2.45) is 0 Å². The maximum Gasteiger partial charge on any atom is 0.422 e. The zero-order chi connectivity index (χ0) is 18.3. The molecular weight excluding hydrogens is 342 g/mol. The highest BCUT2D eigenvalue weighted by atomic mass is 19.4. The number of urea groups is 1. The molecule has 0 spiro atoms. The van der Waals surface area contributed by atoms with E-state index in [0.717, 1.165) is 5.56 Å². The van der Waals surface area contributed by atoms with Crippen LogP contribution in [0.15, 0.2) is 42.6 Å². The number of hydrogen-bond acceptors (Lipinski definition) is 3. The first kappa shape index (κ1) is 18.5. The van der Waals surface area contributed by atoms with Crippen molar-refractivity contribution in [2.75, 3.05) is 6.61 Å². The quantitative estimate of drug-likeness (QED) is 0.781. The van der Waals surface area contributed by atoms with Crippen molar-refractivity contribution in [1.82, 2.24) is 15.6 Å². The number of nitrogens with one attached hydrogen (secondary N) is 2. The normalized spacial score (nSPS) is 11.0. The Morgan fingerprint density at radius 1 is 1.04 bits per heavy atom. The van der Waals surface area contributed by atoms with Crippen LogP contribution >= 0.6 is 0 Å². The number of halogens is 4. The molecule has 0 aliphatic heterocycles. The van der Waals surface area contributed by atoms with Gasteiger partial charge in [0.25, 0.3) is 0 Å². The first-order valence-electron chi connectivity index (χ1n) is 7.22. The van der Waals surface area contributed by atoms with Crippen molar-refractivity contribution in [2.45, 2.75) is 19.3 Å². The number of alkyl halides is 3. The molecule has 0 aliphatic carbocycles. The number of rotatable bonds is 6. The lowest BCUT2D eigenvalue weighted by Gasteiger charge is -2.10. The van der Waals surface area contributed by atoms with Crippen LogP contribution in [0.4, 0.5) is 22.4 Å². The fourth-order valence-electron chi connectivity index (χ4n) is 1.82. The Kier molecular flexibility index (Phi) is 6.15. The summed E-state index contributed by atoms with van der Waals surface area (Å²) in [6, 6.07) is 8.04. The molecule has 0 aliphatic rings.